The largest absolute Gasteiger partial charge is 3.00 e. The molecule has 1 radical (unpaired) electrons. The number of para-hydroxylation sites is 2. The topological polar surface area (TPSA) is 3.24 Å². The van der Waals surface area contributed by atoms with E-state index in [0.29, 0.717) is 0 Å². The standard InChI is InChI=1S/C28H20NS.2ClH.Zr/c1-19-15-21-17-22(18-24(23(21)16-19)20-9-3-2-4-10-20)29-25-11-5-7-13-27(25)30-28-14-8-6-12-26(28)29;;;/h2-18H,1H3;2*1H;/q-1;;;+3/p-2. The van der Waals surface area contributed by atoms with E-state index >= 15 is 0 Å². The third kappa shape index (κ3) is 4.57. The number of anilines is 3. The smallest absolute Gasteiger partial charge is 1.00 e. The summed E-state index contributed by atoms with van der Waals surface area (Å²) < 4.78 is 0. The van der Waals surface area contributed by atoms with Gasteiger partial charge in [0, 0.05) is 15.5 Å². The van der Waals surface area contributed by atoms with Crippen LogP contribution in [-0.2, 0) is 26.2 Å². The number of hydrogen-bond donors (Lipinski definition) is 0. The van der Waals surface area contributed by atoms with Gasteiger partial charge in [0.15, 0.2) is 0 Å². The number of hydrogen-bond acceptors (Lipinski definition) is 2. The Balaban J connectivity index is 0.00000102. The number of aryl methyl sites for hydroxylation is 1. The van der Waals surface area contributed by atoms with Crippen LogP contribution in [0.2, 0.25) is 0 Å². The van der Waals surface area contributed by atoms with Crippen molar-refractivity contribution in [1.82, 2.24) is 0 Å². The maximum Gasteiger partial charge on any atom is 3.00 e. The second-order valence-corrected chi connectivity index (χ2v) is 8.85. The fourth-order valence-electron chi connectivity index (χ4n) is 4.42. The summed E-state index contributed by atoms with van der Waals surface area (Å²) in [7, 11) is 0. The molecule has 161 valence electrons. The molecule has 5 aromatic carbocycles. The van der Waals surface area contributed by atoms with Crippen LogP contribution in [0.15, 0.2) is 113 Å². The van der Waals surface area contributed by atoms with Crippen molar-refractivity contribution >= 4 is 39.6 Å². The molecule has 6 rings (SSSR count). The van der Waals surface area contributed by atoms with Crippen LogP contribution in [0.25, 0.3) is 21.9 Å². The molecule has 0 spiro atoms. The zero-order valence-corrected chi connectivity index (χ0v) is 22.7. The summed E-state index contributed by atoms with van der Waals surface area (Å²) in [5.74, 6) is 0. The van der Waals surface area contributed by atoms with Gasteiger partial charge >= 0.3 is 26.2 Å². The Morgan fingerprint density at radius 2 is 1.27 bits per heavy atom. The van der Waals surface area contributed by atoms with Gasteiger partial charge in [-0.3, -0.25) is 0 Å². The quantitative estimate of drug-likeness (QED) is 0.298. The maximum atomic E-state index is 2.41. The third-order valence-electron chi connectivity index (χ3n) is 5.73. The molecule has 5 heteroatoms. The number of rotatable bonds is 2. The summed E-state index contributed by atoms with van der Waals surface area (Å²) >= 11 is 1.85. The van der Waals surface area contributed by atoms with Gasteiger partial charge in [-0.1, -0.05) is 78.8 Å². The molecular weight excluding hydrogens is 545 g/mol. The minimum absolute atomic E-state index is 0. The number of halogens is 2. The first-order valence-electron chi connectivity index (χ1n) is 10.2. The normalized spacial score (nSPS) is 11.5. The fraction of sp³-hybridized carbons (Fsp3) is 0.0357. The first-order chi connectivity index (χ1) is 14.8. The summed E-state index contributed by atoms with van der Waals surface area (Å²) in [6, 6.07) is 37.4. The van der Waals surface area contributed by atoms with Crippen LogP contribution in [0.3, 0.4) is 0 Å². The van der Waals surface area contributed by atoms with E-state index < -0.39 is 0 Å². The molecule has 0 unspecified atom stereocenters. The van der Waals surface area contributed by atoms with Crippen molar-refractivity contribution in [2.45, 2.75) is 16.7 Å². The van der Waals surface area contributed by atoms with E-state index in [1.165, 1.54) is 54.3 Å². The molecule has 1 aliphatic heterocycles. The molecule has 0 saturated heterocycles. The Morgan fingerprint density at radius 1 is 0.697 bits per heavy atom. The van der Waals surface area contributed by atoms with E-state index in [1.54, 1.807) is 0 Å². The average molecular weight is 565 g/mol. The van der Waals surface area contributed by atoms with Crippen LogP contribution in [0, 0.1) is 6.92 Å². The molecule has 5 aromatic rings. The van der Waals surface area contributed by atoms with Crippen molar-refractivity contribution < 1.29 is 51.0 Å². The molecule has 0 fully saturated rings. The molecule has 0 N–H and O–H groups in total. The average Bonchev–Trinajstić information content (AvgIpc) is 3.17. The Bertz CT molecular complexity index is 1350. The number of nitrogens with zero attached hydrogens (tertiary/aromatic N) is 1. The predicted octanol–water partition coefficient (Wildman–Crippen LogP) is 2.47. The van der Waals surface area contributed by atoms with E-state index in [2.05, 4.69) is 115 Å². The monoisotopic (exact) mass is 562 g/mol. The van der Waals surface area contributed by atoms with E-state index in [4.69, 9.17) is 0 Å². The van der Waals surface area contributed by atoms with Gasteiger partial charge in [-0.15, -0.1) is 28.5 Å². The number of benzene rings is 4. The van der Waals surface area contributed by atoms with Gasteiger partial charge in [-0.2, -0.15) is 6.07 Å². The number of fused-ring (bicyclic) bond motifs is 3. The van der Waals surface area contributed by atoms with Crippen molar-refractivity contribution in [1.29, 1.82) is 0 Å². The molecule has 1 aliphatic rings. The molecule has 0 atom stereocenters. The predicted molar refractivity (Wildman–Crippen MR) is 129 cm³/mol. The van der Waals surface area contributed by atoms with Gasteiger partial charge in [0.2, 0.25) is 0 Å². The van der Waals surface area contributed by atoms with Crippen molar-refractivity contribution in [3.05, 3.63) is 109 Å². The Hall–Kier alpha value is -1.90. The van der Waals surface area contributed by atoms with E-state index in [9.17, 15) is 0 Å². The van der Waals surface area contributed by atoms with Gasteiger partial charge < -0.3 is 29.7 Å². The molecule has 0 bridgehead atoms. The SMILES string of the molecule is Cc1cc2c(-c3ccccc3)cc(N3c4ccccc4Sc4ccccc43)cc2[cH-]1.[Cl-].[Cl-].[Zr+3]. The minimum Gasteiger partial charge on any atom is -1.00 e. The fourth-order valence-corrected chi connectivity index (χ4v) is 5.48. The van der Waals surface area contributed by atoms with Crippen molar-refractivity contribution in [2.75, 3.05) is 4.90 Å². The molecule has 0 aliphatic carbocycles. The summed E-state index contributed by atoms with van der Waals surface area (Å²) in [5.41, 5.74) is 7.51. The summed E-state index contributed by atoms with van der Waals surface area (Å²) in [6.45, 7) is 2.18. The summed E-state index contributed by atoms with van der Waals surface area (Å²) in [5, 5.41) is 2.60. The minimum atomic E-state index is 0. The Labute approximate surface area is 230 Å². The van der Waals surface area contributed by atoms with Crippen LogP contribution in [0.4, 0.5) is 17.1 Å². The van der Waals surface area contributed by atoms with Crippen molar-refractivity contribution in [3.8, 4) is 11.1 Å². The molecule has 0 saturated carbocycles. The van der Waals surface area contributed by atoms with Crippen LogP contribution in [-0.4, -0.2) is 0 Å². The molecular formula is C28H20Cl2NSZr. The second kappa shape index (κ2) is 10.6. The molecule has 1 nitrogen and oxygen atoms in total. The van der Waals surface area contributed by atoms with Gasteiger partial charge in [0.05, 0.1) is 11.4 Å². The first kappa shape index (κ1) is 25.7. The summed E-state index contributed by atoms with van der Waals surface area (Å²) in [6.07, 6.45) is 0. The Kier molecular flexibility index (Phi) is 8.24. The van der Waals surface area contributed by atoms with Crippen LogP contribution >= 0.6 is 11.8 Å². The first-order valence-corrected chi connectivity index (χ1v) is 11.0. The van der Waals surface area contributed by atoms with E-state index in [1.807, 2.05) is 11.8 Å². The van der Waals surface area contributed by atoms with Crippen LogP contribution < -0.4 is 29.7 Å². The van der Waals surface area contributed by atoms with Gasteiger partial charge in [-0.25, -0.2) is 0 Å². The Morgan fingerprint density at radius 3 is 1.91 bits per heavy atom. The van der Waals surface area contributed by atoms with Crippen LogP contribution in [0.1, 0.15) is 5.56 Å². The zero-order chi connectivity index (χ0) is 20.1. The van der Waals surface area contributed by atoms with Crippen molar-refractivity contribution in [2.24, 2.45) is 0 Å². The molecule has 0 aromatic heterocycles. The molecule has 1 heterocycles. The van der Waals surface area contributed by atoms with Crippen LogP contribution in [0.5, 0.6) is 0 Å². The van der Waals surface area contributed by atoms with Gasteiger partial charge in [0.1, 0.15) is 0 Å². The molecule has 0 amide bonds. The van der Waals surface area contributed by atoms with Crippen molar-refractivity contribution in [3.63, 3.8) is 0 Å². The second-order valence-electron chi connectivity index (χ2n) is 7.77. The third-order valence-corrected chi connectivity index (χ3v) is 6.86. The van der Waals surface area contributed by atoms with E-state index in [-0.39, 0.29) is 51.0 Å². The summed E-state index contributed by atoms with van der Waals surface area (Å²) in [4.78, 5) is 4.99. The molecule has 33 heavy (non-hydrogen) atoms. The van der Waals surface area contributed by atoms with E-state index in [0.717, 1.165) is 0 Å². The zero-order valence-electron chi connectivity index (χ0n) is 17.9. The van der Waals surface area contributed by atoms with Gasteiger partial charge in [0.25, 0.3) is 0 Å². The maximum absolute atomic E-state index is 2.41. The van der Waals surface area contributed by atoms with Gasteiger partial charge in [-0.05, 0) is 35.9 Å².